The fourth-order valence-electron chi connectivity index (χ4n) is 3.89. The SMILES string of the molecule is CCC(CC1(OC)CNC1)N1CCc2cc(C(C)=O)cc(F)c2C1. The largest absolute Gasteiger partial charge is 0.376 e. The van der Waals surface area contributed by atoms with E-state index in [4.69, 9.17) is 4.74 Å². The number of halogens is 1. The fourth-order valence-corrected chi connectivity index (χ4v) is 3.89. The molecule has 2 heterocycles. The number of hydrogen-bond donors (Lipinski definition) is 1. The Kier molecular flexibility index (Phi) is 5.04. The Balaban J connectivity index is 1.77. The molecule has 1 aromatic rings. The van der Waals surface area contributed by atoms with Gasteiger partial charge >= 0.3 is 0 Å². The molecule has 0 aliphatic carbocycles. The van der Waals surface area contributed by atoms with Gasteiger partial charge in [0, 0.05) is 50.5 Å². The average molecular weight is 334 g/mol. The smallest absolute Gasteiger partial charge is 0.159 e. The first-order valence-electron chi connectivity index (χ1n) is 8.80. The van der Waals surface area contributed by atoms with Crippen molar-refractivity contribution >= 4 is 5.78 Å². The van der Waals surface area contributed by atoms with Gasteiger partial charge in [-0.1, -0.05) is 6.92 Å². The second-order valence-electron chi connectivity index (χ2n) is 7.13. The highest BCUT2D eigenvalue weighted by Gasteiger charge is 2.40. The zero-order valence-electron chi connectivity index (χ0n) is 14.8. The van der Waals surface area contributed by atoms with Crippen molar-refractivity contribution in [3.05, 3.63) is 34.6 Å². The van der Waals surface area contributed by atoms with Crippen LogP contribution in [0.1, 0.15) is 48.2 Å². The standard InChI is InChI=1S/C19H27FN2O2/c1-4-16(9-19(24-3)11-21-12-19)22-6-5-14-7-15(13(2)23)8-18(20)17(14)10-22/h7-8,16,21H,4-6,9-12H2,1-3H3. The van der Waals surface area contributed by atoms with E-state index in [0.717, 1.165) is 50.0 Å². The van der Waals surface area contributed by atoms with Gasteiger partial charge in [-0.3, -0.25) is 9.69 Å². The highest BCUT2D eigenvalue weighted by molar-refractivity contribution is 5.94. The molecule has 0 aromatic heterocycles. The van der Waals surface area contributed by atoms with Crippen LogP contribution in [0.3, 0.4) is 0 Å². The van der Waals surface area contributed by atoms with Crippen LogP contribution in [0.5, 0.6) is 0 Å². The summed E-state index contributed by atoms with van der Waals surface area (Å²) in [7, 11) is 1.78. The summed E-state index contributed by atoms with van der Waals surface area (Å²) < 4.78 is 20.2. The Morgan fingerprint density at radius 3 is 2.75 bits per heavy atom. The minimum atomic E-state index is -0.246. The van der Waals surface area contributed by atoms with Gasteiger partial charge in [-0.25, -0.2) is 4.39 Å². The minimum Gasteiger partial charge on any atom is -0.376 e. The first-order valence-corrected chi connectivity index (χ1v) is 8.80. The number of Topliss-reactive ketones (excluding diaryl/α,β-unsaturated/α-hetero) is 1. The third-order valence-electron chi connectivity index (χ3n) is 5.65. The number of rotatable bonds is 6. The summed E-state index contributed by atoms with van der Waals surface area (Å²) in [6, 6.07) is 3.64. The van der Waals surface area contributed by atoms with Gasteiger partial charge in [0.25, 0.3) is 0 Å². The zero-order valence-corrected chi connectivity index (χ0v) is 14.8. The third-order valence-corrected chi connectivity index (χ3v) is 5.65. The van der Waals surface area contributed by atoms with Gasteiger partial charge in [-0.15, -0.1) is 0 Å². The number of methoxy groups -OCH3 is 1. The second kappa shape index (κ2) is 6.90. The lowest BCUT2D eigenvalue weighted by Crippen LogP contribution is -2.63. The third kappa shape index (κ3) is 3.25. The molecule has 0 amide bonds. The molecule has 1 N–H and O–H groups in total. The summed E-state index contributed by atoms with van der Waals surface area (Å²) in [5, 5.41) is 3.29. The van der Waals surface area contributed by atoms with Gasteiger partial charge in [-0.2, -0.15) is 0 Å². The zero-order chi connectivity index (χ0) is 17.3. The molecule has 4 nitrogen and oxygen atoms in total. The number of nitrogens with zero attached hydrogens (tertiary/aromatic N) is 1. The number of ketones is 1. The summed E-state index contributed by atoms with van der Waals surface area (Å²) in [6.07, 6.45) is 2.78. The molecule has 0 bridgehead atoms. The van der Waals surface area contributed by atoms with Gasteiger partial charge in [-0.05, 0) is 43.9 Å². The number of carbonyl (C=O) groups is 1. The highest BCUT2D eigenvalue weighted by atomic mass is 19.1. The van der Waals surface area contributed by atoms with E-state index in [2.05, 4.69) is 17.1 Å². The number of carbonyl (C=O) groups excluding carboxylic acids is 1. The number of benzene rings is 1. The normalized spacial score (nSPS) is 21.0. The molecule has 1 aromatic carbocycles. The molecular weight excluding hydrogens is 307 g/mol. The number of hydrogen-bond acceptors (Lipinski definition) is 4. The lowest BCUT2D eigenvalue weighted by Gasteiger charge is -2.46. The van der Waals surface area contributed by atoms with Gasteiger partial charge in [0.05, 0.1) is 5.60 Å². The monoisotopic (exact) mass is 334 g/mol. The predicted molar refractivity (Wildman–Crippen MR) is 91.8 cm³/mol. The van der Waals surface area contributed by atoms with E-state index in [-0.39, 0.29) is 17.2 Å². The Bertz CT molecular complexity index is 623. The topological polar surface area (TPSA) is 41.6 Å². The van der Waals surface area contributed by atoms with Gasteiger partial charge < -0.3 is 10.1 Å². The van der Waals surface area contributed by atoms with Crippen LogP contribution >= 0.6 is 0 Å². The van der Waals surface area contributed by atoms with Crippen molar-refractivity contribution in [3.8, 4) is 0 Å². The molecule has 24 heavy (non-hydrogen) atoms. The number of ether oxygens (including phenoxy) is 1. The molecule has 132 valence electrons. The summed E-state index contributed by atoms with van der Waals surface area (Å²) in [4.78, 5) is 13.9. The van der Waals surface area contributed by atoms with E-state index in [1.807, 2.05) is 6.07 Å². The quantitative estimate of drug-likeness (QED) is 0.812. The van der Waals surface area contributed by atoms with E-state index >= 15 is 0 Å². The molecule has 2 aliphatic rings. The van der Waals surface area contributed by atoms with E-state index in [1.54, 1.807) is 7.11 Å². The lowest BCUT2D eigenvalue weighted by atomic mass is 9.86. The number of fused-ring (bicyclic) bond motifs is 1. The molecule has 3 rings (SSSR count). The maximum absolute atomic E-state index is 14.5. The predicted octanol–water partition coefficient (Wildman–Crippen LogP) is 2.54. The Morgan fingerprint density at radius 1 is 1.46 bits per heavy atom. The van der Waals surface area contributed by atoms with Crippen molar-refractivity contribution in [2.24, 2.45) is 0 Å². The molecular formula is C19H27FN2O2. The molecule has 1 fully saturated rings. The lowest BCUT2D eigenvalue weighted by molar-refractivity contribution is -0.0750. The van der Waals surface area contributed by atoms with E-state index in [9.17, 15) is 9.18 Å². The average Bonchev–Trinajstić information content (AvgIpc) is 2.54. The van der Waals surface area contributed by atoms with Crippen molar-refractivity contribution < 1.29 is 13.9 Å². The second-order valence-corrected chi connectivity index (χ2v) is 7.13. The fraction of sp³-hybridized carbons (Fsp3) is 0.632. The molecule has 1 saturated heterocycles. The van der Waals surface area contributed by atoms with Gasteiger partial charge in [0.2, 0.25) is 0 Å². The van der Waals surface area contributed by atoms with Crippen LogP contribution in [0.25, 0.3) is 0 Å². The summed E-state index contributed by atoms with van der Waals surface area (Å²) in [5.74, 6) is -0.325. The van der Waals surface area contributed by atoms with Crippen LogP contribution in [0.4, 0.5) is 4.39 Å². The first kappa shape index (κ1) is 17.5. The van der Waals surface area contributed by atoms with Crippen molar-refractivity contribution in [2.75, 3.05) is 26.7 Å². The van der Waals surface area contributed by atoms with Crippen LogP contribution in [0.2, 0.25) is 0 Å². The van der Waals surface area contributed by atoms with Crippen LogP contribution in [-0.4, -0.2) is 49.1 Å². The van der Waals surface area contributed by atoms with Crippen LogP contribution in [0.15, 0.2) is 12.1 Å². The van der Waals surface area contributed by atoms with E-state index in [1.165, 1.54) is 13.0 Å². The van der Waals surface area contributed by atoms with Crippen LogP contribution in [0, 0.1) is 5.82 Å². The van der Waals surface area contributed by atoms with Crippen molar-refractivity contribution in [1.82, 2.24) is 10.2 Å². The molecule has 2 aliphatic heterocycles. The maximum atomic E-state index is 14.5. The van der Waals surface area contributed by atoms with Crippen LogP contribution < -0.4 is 5.32 Å². The Morgan fingerprint density at radius 2 is 2.21 bits per heavy atom. The molecule has 0 saturated carbocycles. The minimum absolute atomic E-state index is 0.0714. The molecule has 0 spiro atoms. The Labute approximate surface area is 143 Å². The summed E-state index contributed by atoms with van der Waals surface area (Å²) in [5.41, 5.74) is 2.14. The number of nitrogens with one attached hydrogen (secondary N) is 1. The van der Waals surface area contributed by atoms with Crippen molar-refractivity contribution in [1.29, 1.82) is 0 Å². The van der Waals surface area contributed by atoms with E-state index < -0.39 is 0 Å². The first-order chi connectivity index (χ1) is 11.5. The summed E-state index contributed by atoms with van der Waals surface area (Å²) in [6.45, 7) is 6.97. The van der Waals surface area contributed by atoms with Gasteiger partial charge in [0.15, 0.2) is 5.78 Å². The maximum Gasteiger partial charge on any atom is 0.159 e. The van der Waals surface area contributed by atoms with Gasteiger partial charge in [0.1, 0.15) is 5.82 Å². The molecule has 1 unspecified atom stereocenters. The van der Waals surface area contributed by atoms with E-state index in [0.29, 0.717) is 18.2 Å². The molecule has 5 heteroatoms. The van der Waals surface area contributed by atoms with Crippen molar-refractivity contribution in [3.63, 3.8) is 0 Å². The molecule has 1 atom stereocenters. The summed E-state index contributed by atoms with van der Waals surface area (Å²) >= 11 is 0. The highest BCUT2D eigenvalue weighted by Crippen LogP contribution is 2.30. The Hall–Kier alpha value is -1.30. The van der Waals surface area contributed by atoms with Crippen molar-refractivity contribution in [2.45, 2.75) is 51.3 Å². The van der Waals surface area contributed by atoms with Crippen LogP contribution in [-0.2, 0) is 17.7 Å². The molecule has 0 radical (unpaired) electrons.